The molecule has 3 nitrogen and oxygen atoms in total. The maximum atomic E-state index is 10.9. The lowest BCUT2D eigenvalue weighted by atomic mass is 10.1. The first-order valence-corrected chi connectivity index (χ1v) is 7.03. The number of methoxy groups -OCH3 is 1. The molecule has 100 valence electrons. The number of rotatable bonds is 3. The van der Waals surface area contributed by atoms with E-state index in [2.05, 4.69) is 11.1 Å². The summed E-state index contributed by atoms with van der Waals surface area (Å²) in [5, 5.41) is 3.13. The van der Waals surface area contributed by atoms with Crippen LogP contribution in [-0.4, -0.2) is 18.4 Å². The van der Waals surface area contributed by atoms with Gasteiger partial charge < -0.3 is 4.74 Å². The van der Waals surface area contributed by atoms with Crippen molar-refractivity contribution in [1.29, 1.82) is 0 Å². The van der Waals surface area contributed by atoms with Gasteiger partial charge in [0.15, 0.2) is 6.29 Å². The van der Waals surface area contributed by atoms with E-state index in [1.54, 1.807) is 7.11 Å². The van der Waals surface area contributed by atoms with Crippen LogP contribution in [0.3, 0.4) is 0 Å². The van der Waals surface area contributed by atoms with Crippen LogP contribution < -0.4 is 4.74 Å². The molecule has 2 aromatic carbocycles. The average Bonchev–Trinajstić information content (AvgIpc) is 2.87. The average molecular weight is 283 g/mol. The Kier molecular flexibility index (Phi) is 3.24. The Balaban J connectivity index is 2.10. The highest BCUT2D eigenvalue weighted by Crippen LogP contribution is 2.30. The van der Waals surface area contributed by atoms with Crippen molar-refractivity contribution in [2.45, 2.75) is 6.92 Å². The first-order valence-electron chi connectivity index (χ1n) is 6.22. The molecule has 0 fully saturated rings. The monoisotopic (exact) mass is 283 g/mol. The number of carbonyl (C=O) groups excluding carboxylic acids is 1. The Morgan fingerprint density at radius 1 is 1.15 bits per heavy atom. The predicted molar refractivity (Wildman–Crippen MR) is 81.7 cm³/mol. The number of aldehydes is 1. The highest BCUT2D eigenvalue weighted by Gasteiger charge is 2.09. The Morgan fingerprint density at radius 3 is 2.60 bits per heavy atom. The van der Waals surface area contributed by atoms with Gasteiger partial charge in [-0.3, -0.25) is 4.79 Å². The highest BCUT2D eigenvalue weighted by molar-refractivity contribution is 7.16. The number of hydrogen-bond acceptors (Lipinski definition) is 4. The third-order valence-corrected chi connectivity index (χ3v) is 4.37. The zero-order chi connectivity index (χ0) is 14.1. The van der Waals surface area contributed by atoms with Gasteiger partial charge in [-0.2, -0.15) is 0 Å². The number of carbonyl (C=O) groups is 1. The third-order valence-electron chi connectivity index (χ3n) is 3.23. The lowest BCUT2D eigenvalue weighted by molar-refractivity contribution is 0.112. The molecule has 0 aliphatic heterocycles. The van der Waals surface area contributed by atoms with E-state index >= 15 is 0 Å². The summed E-state index contributed by atoms with van der Waals surface area (Å²) in [5.41, 5.74) is 1.82. The first-order chi connectivity index (χ1) is 9.71. The number of aromatic nitrogens is 1. The topological polar surface area (TPSA) is 39.2 Å². The summed E-state index contributed by atoms with van der Waals surface area (Å²) in [7, 11) is 1.66. The molecule has 3 rings (SSSR count). The van der Waals surface area contributed by atoms with Gasteiger partial charge in [0, 0.05) is 5.56 Å². The minimum Gasteiger partial charge on any atom is -0.497 e. The largest absolute Gasteiger partial charge is 0.497 e. The van der Waals surface area contributed by atoms with Crippen molar-refractivity contribution in [2.24, 2.45) is 0 Å². The first kappa shape index (κ1) is 12.8. The molecule has 0 saturated carbocycles. The molecule has 0 spiro atoms. The van der Waals surface area contributed by atoms with Crippen molar-refractivity contribution in [3.05, 3.63) is 47.0 Å². The van der Waals surface area contributed by atoms with Gasteiger partial charge in [-0.1, -0.05) is 18.2 Å². The van der Waals surface area contributed by atoms with E-state index in [-0.39, 0.29) is 0 Å². The summed E-state index contributed by atoms with van der Waals surface area (Å²) in [4.78, 5) is 16.1. The van der Waals surface area contributed by atoms with Crippen molar-refractivity contribution in [1.82, 2.24) is 4.98 Å². The van der Waals surface area contributed by atoms with Crippen LogP contribution in [0.2, 0.25) is 0 Å². The van der Waals surface area contributed by atoms with Gasteiger partial charge in [-0.05, 0) is 35.9 Å². The summed E-state index contributed by atoms with van der Waals surface area (Å²) in [5.74, 6) is 0.846. The van der Waals surface area contributed by atoms with E-state index in [0.717, 1.165) is 39.1 Å². The lowest BCUT2D eigenvalue weighted by Gasteiger charge is -2.04. The molecule has 0 N–H and O–H groups in total. The van der Waals surface area contributed by atoms with Gasteiger partial charge >= 0.3 is 0 Å². The highest BCUT2D eigenvalue weighted by atomic mass is 32.1. The third kappa shape index (κ3) is 2.18. The van der Waals surface area contributed by atoms with Crippen LogP contribution in [0.25, 0.3) is 21.3 Å². The maximum Gasteiger partial charge on any atom is 0.161 e. The van der Waals surface area contributed by atoms with E-state index in [4.69, 9.17) is 4.74 Å². The number of hydrogen-bond donors (Lipinski definition) is 0. The van der Waals surface area contributed by atoms with E-state index in [1.807, 2.05) is 37.3 Å². The van der Waals surface area contributed by atoms with E-state index in [9.17, 15) is 4.79 Å². The van der Waals surface area contributed by atoms with E-state index in [1.165, 1.54) is 11.3 Å². The number of nitrogens with zero attached hydrogens (tertiary/aromatic N) is 1. The molecule has 1 heterocycles. The smallest absolute Gasteiger partial charge is 0.161 e. The molecular weight excluding hydrogens is 270 g/mol. The summed E-state index contributed by atoms with van der Waals surface area (Å²) in [6, 6.07) is 12.1. The van der Waals surface area contributed by atoms with E-state index < -0.39 is 0 Å². The quantitative estimate of drug-likeness (QED) is 0.679. The predicted octanol–water partition coefficient (Wildman–Crippen LogP) is 4.09. The number of aryl methyl sites for hydroxylation is 1. The van der Waals surface area contributed by atoms with Crippen LogP contribution in [0.5, 0.6) is 5.75 Å². The molecule has 0 aliphatic carbocycles. The second-order valence-electron chi connectivity index (χ2n) is 4.51. The van der Waals surface area contributed by atoms with Crippen LogP contribution in [0.4, 0.5) is 0 Å². The molecule has 0 bridgehead atoms. The maximum absolute atomic E-state index is 10.9. The van der Waals surface area contributed by atoms with Gasteiger partial charge in [-0.15, -0.1) is 11.3 Å². The fourth-order valence-electron chi connectivity index (χ4n) is 2.12. The van der Waals surface area contributed by atoms with Gasteiger partial charge in [0.2, 0.25) is 0 Å². The summed E-state index contributed by atoms with van der Waals surface area (Å²) in [6.45, 7) is 1.86. The molecule has 0 aliphatic rings. The van der Waals surface area contributed by atoms with Gasteiger partial charge in [-0.25, -0.2) is 4.98 Å². The molecule has 0 atom stereocenters. The number of thiazole rings is 1. The zero-order valence-electron chi connectivity index (χ0n) is 11.2. The van der Waals surface area contributed by atoms with Crippen molar-refractivity contribution in [2.75, 3.05) is 7.11 Å². The van der Waals surface area contributed by atoms with Crippen molar-refractivity contribution < 1.29 is 9.53 Å². The molecule has 1 aromatic heterocycles. The van der Waals surface area contributed by atoms with E-state index in [0.29, 0.717) is 4.88 Å². The standard InChI is InChI=1S/C16H13NO2S/c1-10-15(9-18)20-16(17-10)13-4-3-12-8-14(19-2)6-5-11(12)7-13/h3-9H,1-2H3. The summed E-state index contributed by atoms with van der Waals surface area (Å²) in [6.07, 6.45) is 0.864. The summed E-state index contributed by atoms with van der Waals surface area (Å²) >= 11 is 1.42. The second-order valence-corrected chi connectivity index (χ2v) is 5.55. The van der Waals surface area contributed by atoms with Gasteiger partial charge in [0.25, 0.3) is 0 Å². The molecule has 0 radical (unpaired) electrons. The summed E-state index contributed by atoms with van der Waals surface area (Å²) < 4.78 is 5.22. The Morgan fingerprint density at radius 2 is 1.90 bits per heavy atom. The molecule has 0 unspecified atom stereocenters. The second kappa shape index (κ2) is 5.06. The lowest BCUT2D eigenvalue weighted by Crippen LogP contribution is -1.83. The van der Waals surface area contributed by atoms with Crippen LogP contribution in [0, 0.1) is 6.92 Å². The zero-order valence-corrected chi connectivity index (χ0v) is 12.0. The molecular formula is C16H13NO2S. The van der Waals surface area contributed by atoms with Crippen molar-refractivity contribution >= 4 is 28.4 Å². The SMILES string of the molecule is COc1ccc2cc(-c3nc(C)c(C=O)s3)ccc2c1. The molecule has 0 amide bonds. The Hall–Kier alpha value is -2.20. The van der Waals surface area contributed by atoms with Gasteiger partial charge in [0.05, 0.1) is 17.7 Å². The van der Waals surface area contributed by atoms with Crippen LogP contribution in [-0.2, 0) is 0 Å². The number of benzene rings is 2. The minimum absolute atomic E-state index is 0.690. The Bertz CT molecular complexity index is 792. The van der Waals surface area contributed by atoms with Crippen LogP contribution >= 0.6 is 11.3 Å². The minimum atomic E-state index is 0.690. The molecule has 4 heteroatoms. The molecule has 20 heavy (non-hydrogen) atoms. The fraction of sp³-hybridized carbons (Fsp3) is 0.125. The fourth-order valence-corrected chi connectivity index (χ4v) is 3.00. The Labute approximate surface area is 120 Å². The molecule has 3 aromatic rings. The van der Waals surface area contributed by atoms with Crippen LogP contribution in [0.15, 0.2) is 36.4 Å². The van der Waals surface area contributed by atoms with Crippen molar-refractivity contribution in [3.8, 4) is 16.3 Å². The van der Waals surface area contributed by atoms with Crippen molar-refractivity contribution in [3.63, 3.8) is 0 Å². The number of ether oxygens (including phenoxy) is 1. The number of fused-ring (bicyclic) bond motifs is 1. The molecule has 0 saturated heterocycles. The van der Waals surface area contributed by atoms with Gasteiger partial charge in [0.1, 0.15) is 10.8 Å². The normalized spacial score (nSPS) is 10.7. The van der Waals surface area contributed by atoms with Crippen LogP contribution in [0.1, 0.15) is 15.4 Å².